The van der Waals surface area contributed by atoms with Gasteiger partial charge >= 0.3 is 0 Å². The first-order valence-electron chi connectivity index (χ1n) is 5.60. The molecule has 1 aromatic rings. The van der Waals surface area contributed by atoms with Gasteiger partial charge in [0.2, 0.25) is 0 Å². The van der Waals surface area contributed by atoms with Crippen LogP contribution >= 0.6 is 0 Å². The van der Waals surface area contributed by atoms with E-state index in [1.54, 1.807) is 0 Å². The Labute approximate surface area is 92.1 Å². The van der Waals surface area contributed by atoms with Crippen molar-refractivity contribution in [2.24, 2.45) is 5.73 Å². The number of anilines is 1. The van der Waals surface area contributed by atoms with E-state index in [0.717, 1.165) is 12.8 Å². The predicted molar refractivity (Wildman–Crippen MR) is 65.2 cm³/mol. The van der Waals surface area contributed by atoms with E-state index >= 15 is 0 Å². The van der Waals surface area contributed by atoms with Crippen molar-refractivity contribution in [3.63, 3.8) is 0 Å². The minimum atomic E-state index is -0.0622. The monoisotopic (exact) mass is 204 g/mol. The summed E-state index contributed by atoms with van der Waals surface area (Å²) in [5, 5.41) is 0. The van der Waals surface area contributed by atoms with Crippen molar-refractivity contribution in [2.45, 2.75) is 31.7 Å². The molecule has 0 radical (unpaired) electrons. The molecule has 0 spiro atoms. The molecule has 1 aliphatic rings. The van der Waals surface area contributed by atoms with Crippen LogP contribution in [0.3, 0.4) is 0 Å². The Kier molecular flexibility index (Phi) is 2.47. The van der Waals surface area contributed by atoms with Crippen molar-refractivity contribution in [1.82, 2.24) is 0 Å². The smallest absolute Gasteiger partial charge is 0.0430 e. The van der Waals surface area contributed by atoms with Crippen LogP contribution in [-0.4, -0.2) is 14.1 Å². The lowest BCUT2D eigenvalue weighted by molar-refractivity contribution is 0.254. The van der Waals surface area contributed by atoms with Crippen molar-refractivity contribution < 1.29 is 0 Å². The van der Waals surface area contributed by atoms with Crippen molar-refractivity contribution in [2.75, 3.05) is 19.0 Å². The number of nitrogens with zero attached hydrogens (tertiary/aromatic N) is 1. The molecule has 0 unspecified atom stereocenters. The average molecular weight is 204 g/mol. The van der Waals surface area contributed by atoms with Crippen LogP contribution in [0.2, 0.25) is 0 Å². The molecule has 0 amide bonds. The Bertz CT molecular complexity index is 365. The maximum Gasteiger partial charge on any atom is 0.0430 e. The van der Waals surface area contributed by atoms with Crippen molar-refractivity contribution in [3.05, 3.63) is 29.3 Å². The third-order valence-electron chi connectivity index (χ3n) is 3.42. The fourth-order valence-electron chi connectivity index (χ4n) is 2.26. The zero-order chi connectivity index (χ0) is 11.1. The van der Waals surface area contributed by atoms with Gasteiger partial charge in [0.15, 0.2) is 0 Å². The summed E-state index contributed by atoms with van der Waals surface area (Å²) < 4.78 is 0. The third kappa shape index (κ3) is 1.74. The van der Waals surface area contributed by atoms with Crippen LogP contribution in [0.5, 0.6) is 0 Å². The minimum Gasteiger partial charge on any atom is -0.377 e. The lowest BCUT2D eigenvalue weighted by atomic mass is 9.72. The summed E-state index contributed by atoms with van der Waals surface area (Å²) in [4.78, 5) is 2.16. The largest absolute Gasteiger partial charge is 0.377 e. The van der Waals surface area contributed by atoms with Gasteiger partial charge in [0.1, 0.15) is 0 Å². The molecule has 15 heavy (non-hydrogen) atoms. The minimum absolute atomic E-state index is 0.0622. The summed E-state index contributed by atoms with van der Waals surface area (Å²) >= 11 is 0. The number of nitrogens with two attached hydrogens (primary N) is 1. The second-order valence-corrected chi connectivity index (χ2v) is 4.92. The second-order valence-electron chi connectivity index (χ2n) is 4.92. The quantitative estimate of drug-likeness (QED) is 0.801. The van der Waals surface area contributed by atoms with Crippen LogP contribution in [0.25, 0.3) is 0 Å². The first-order chi connectivity index (χ1) is 7.03. The molecule has 2 heteroatoms. The van der Waals surface area contributed by atoms with Gasteiger partial charge in [0, 0.05) is 25.3 Å². The highest BCUT2D eigenvalue weighted by atomic mass is 15.1. The Morgan fingerprint density at radius 2 is 1.93 bits per heavy atom. The zero-order valence-electron chi connectivity index (χ0n) is 9.88. The van der Waals surface area contributed by atoms with Gasteiger partial charge < -0.3 is 10.6 Å². The van der Waals surface area contributed by atoms with E-state index in [2.05, 4.69) is 44.1 Å². The normalized spacial score (nSPS) is 18.4. The molecule has 1 aromatic carbocycles. The molecule has 0 bridgehead atoms. The van der Waals surface area contributed by atoms with Gasteiger partial charge in [0.05, 0.1) is 0 Å². The highest BCUT2D eigenvalue weighted by Gasteiger charge is 2.36. The van der Waals surface area contributed by atoms with E-state index in [0.29, 0.717) is 0 Å². The number of hydrogen-bond donors (Lipinski definition) is 1. The second kappa shape index (κ2) is 3.53. The summed E-state index contributed by atoms with van der Waals surface area (Å²) in [5.41, 5.74) is 10.2. The van der Waals surface area contributed by atoms with E-state index < -0.39 is 0 Å². The Balaban J connectivity index is 2.46. The molecule has 0 heterocycles. The summed E-state index contributed by atoms with van der Waals surface area (Å²) in [5.74, 6) is 0. The molecule has 1 saturated carbocycles. The summed E-state index contributed by atoms with van der Waals surface area (Å²) in [6.45, 7) is 2.13. The molecule has 1 fully saturated rings. The van der Waals surface area contributed by atoms with Gasteiger partial charge in [-0.25, -0.2) is 0 Å². The van der Waals surface area contributed by atoms with Crippen LogP contribution < -0.4 is 10.6 Å². The van der Waals surface area contributed by atoms with E-state index in [9.17, 15) is 0 Å². The lowest BCUT2D eigenvalue weighted by Crippen LogP contribution is -2.44. The van der Waals surface area contributed by atoms with Crippen LogP contribution in [0.4, 0.5) is 5.69 Å². The predicted octanol–water partition coefficient (Wildman–Crippen LogP) is 2.40. The van der Waals surface area contributed by atoms with Crippen molar-refractivity contribution >= 4 is 5.69 Å². The SMILES string of the molecule is Cc1ccc(C2(N)CCC2)c(N(C)C)c1. The lowest BCUT2D eigenvalue weighted by Gasteiger charge is -2.40. The summed E-state index contributed by atoms with van der Waals surface area (Å²) in [7, 11) is 4.17. The topological polar surface area (TPSA) is 29.3 Å². The van der Waals surface area contributed by atoms with E-state index in [1.165, 1.54) is 23.2 Å². The van der Waals surface area contributed by atoms with Gasteiger partial charge in [-0.2, -0.15) is 0 Å². The van der Waals surface area contributed by atoms with E-state index in [1.807, 2.05) is 0 Å². The highest BCUT2D eigenvalue weighted by Crippen LogP contribution is 2.42. The summed E-state index contributed by atoms with van der Waals surface area (Å²) in [6, 6.07) is 6.58. The third-order valence-corrected chi connectivity index (χ3v) is 3.42. The van der Waals surface area contributed by atoms with Crippen molar-refractivity contribution in [3.8, 4) is 0 Å². The molecule has 1 aliphatic carbocycles. The van der Waals surface area contributed by atoms with Crippen LogP contribution in [0.15, 0.2) is 18.2 Å². The molecule has 2 N–H and O–H groups in total. The van der Waals surface area contributed by atoms with Gasteiger partial charge in [0.25, 0.3) is 0 Å². The standard InChI is InChI=1S/C13H20N2/c1-10-5-6-11(12(9-10)15(2)3)13(14)7-4-8-13/h5-6,9H,4,7-8,14H2,1-3H3. The van der Waals surface area contributed by atoms with Crippen LogP contribution in [-0.2, 0) is 5.54 Å². The molecule has 0 saturated heterocycles. The highest BCUT2D eigenvalue weighted by molar-refractivity contribution is 5.57. The van der Waals surface area contributed by atoms with Crippen LogP contribution in [0, 0.1) is 6.92 Å². The molecule has 2 rings (SSSR count). The van der Waals surface area contributed by atoms with Gasteiger partial charge in [-0.1, -0.05) is 12.1 Å². The first-order valence-corrected chi connectivity index (χ1v) is 5.60. The summed E-state index contributed by atoms with van der Waals surface area (Å²) in [6.07, 6.45) is 3.51. The maximum absolute atomic E-state index is 6.39. The number of aryl methyl sites for hydroxylation is 1. The molecule has 0 aromatic heterocycles. The fraction of sp³-hybridized carbons (Fsp3) is 0.538. The molecular formula is C13H20N2. The maximum atomic E-state index is 6.39. The van der Waals surface area contributed by atoms with Crippen molar-refractivity contribution in [1.29, 1.82) is 0 Å². The molecule has 0 aliphatic heterocycles. The van der Waals surface area contributed by atoms with Gasteiger partial charge in [-0.15, -0.1) is 0 Å². The number of rotatable bonds is 2. The number of hydrogen-bond acceptors (Lipinski definition) is 2. The molecule has 82 valence electrons. The Hall–Kier alpha value is -1.02. The zero-order valence-corrected chi connectivity index (χ0v) is 9.88. The fourth-order valence-corrected chi connectivity index (χ4v) is 2.26. The average Bonchev–Trinajstić information content (AvgIpc) is 2.14. The van der Waals surface area contributed by atoms with Gasteiger partial charge in [-0.05, 0) is 43.4 Å². The van der Waals surface area contributed by atoms with Gasteiger partial charge in [-0.3, -0.25) is 0 Å². The first kappa shape index (κ1) is 10.5. The molecular weight excluding hydrogens is 184 g/mol. The van der Waals surface area contributed by atoms with Crippen LogP contribution in [0.1, 0.15) is 30.4 Å². The molecule has 0 atom stereocenters. The molecule has 2 nitrogen and oxygen atoms in total. The van der Waals surface area contributed by atoms with E-state index in [4.69, 9.17) is 5.73 Å². The number of benzene rings is 1. The van der Waals surface area contributed by atoms with E-state index in [-0.39, 0.29) is 5.54 Å². The Morgan fingerprint density at radius 3 is 2.40 bits per heavy atom. The Morgan fingerprint density at radius 1 is 1.27 bits per heavy atom.